The van der Waals surface area contributed by atoms with Gasteiger partial charge in [-0.25, -0.2) is 9.48 Å². The number of hydrogen-bond acceptors (Lipinski definition) is 8. The number of rotatable bonds is 5. The Morgan fingerprint density at radius 3 is 2.36 bits per heavy atom. The molecule has 1 heterocycles. The Bertz CT molecular complexity index is 1040. The fraction of sp³-hybridized carbons (Fsp3) is 0.167. The second-order valence-corrected chi connectivity index (χ2v) is 7.42. The lowest BCUT2D eigenvalue weighted by Crippen LogP contribution is -2.10. The number of benzene rings is 1. The van der Waals surface area contributed by atoms with Crippen molar-refractivity contribution in [3.05, 3.63) is 30.1 Å². The van der Waals surface area contributed by atoms with E-state index in [1.54, 1.807) is 0 Å². The van der Waals surface area contributed by atoms with E-state index in [2.05, 4.69) is 9.84 Å². The minimum absolute atomic E-state index is 0.00442. The molecule has 11 nitrogen and oxygen atoms in total. The van der Waals surface area contributed by atoms with Gasteiger partial charge < -0.3 is 9.84 Å². The van der Waals surface area contributed by atoms with Gasteiger partial charge in [0.2, 0.25) is 5.69 Å². The van der Waals surface area contributed by atoms with Crippen LogP contribution in [0.1, 0.15) is 17.4 Å². The molecule has 0 amide bonds. The van der Waals surface area contributed by atoms with Gasteiger partial charge in [-0.3, -0.25) is 9.11 Å². The molecule has 0 saturated carbocycles. The van der Waals surface area contributed by atoms with Gasteiger partial charge in [0.05, 0.1) is 23.4 Å². The highest BCUT2D eigenvalue weighted by Crippen LogP contribution is 2.26. The Balaban J connectivity index is 2.68. The molecule has 0 unspecified atom stereocenters. The third-order valence-electron chi connectivity index (χ3n) is 2.92. The van der Waals surface area contributed by atoms with E-state index in [-0.39, 0.29) is 12.3 Å². The highest BCUT2D eigenvalue weighted by Gasteiger charge is 2.24. The van der Waals surface area contributed by atoms with Crippen LogP contribution in [0.15, 0.2) is 34.2 Å². The summed E-state index contributed by atoms with van der Waals surface area (Å²) in [6.07, 6.45) is 0.864. The van der Waals surface area contributed by atoms with Gasteiger partial charge in [-0.2, -0.15) is 21.9 Å². The predicted molar refractivity (Wildman–Crippen MR) is 80.8 cm³/mol. The summed E-state index contributed by atoms with van der Waals surface area (Å²) in [5.41, 5.74) is -0.886. The second kappa shape index (κ2) is 6.44. The molecule has 0 aliphatic heterocycles. The van der Waals surface area contributed by atoms with Gasteiger partial charge >= 0.3 is 5.97 Å². The van der Waals surface area contributed by atoms with E-state index >= 15 is 0 Å². The van der Waals surface area contributed by atoms with Crippen LogP contribution in [0.25, 0.3) is 5.69 Å². The van der Waals surface area contributed by atoms with E-state index in [9.17, 15) is 31.3 Å². The van der Waals surface area contributed by atoms with Crippen molar-refractivity contribution >= 4 is 26.2 Å². The zero-order chi connectivity index (χ0) is 19.0. The van der Waals surface area contributed by atoms with Crippen LogP contribution in [0.4, 0.5) is 0 Å². The smallest absolute Gasteiger partial charge is 0.362 e. The standard InChI is InChI=1S/C12H12N2O9S2/c1-2-23-12(16)11-9(15)6-14(13-11)8-4-3-7(24(17,18)19)5-10(8)25(20,21)22/h3-6,15H,2H2,1H3,(H,17,18,19)(H,20,21,22). The molecule has 0 atom stereocenters. The first-order valence-electron chi connectivity index (χ1n) is 6.50. The molecule has 0 aliphatic carbocycles. The lowest BCUT2D eigenvalue weighted by molar-refractivity contribution is 0.0515. The van der Waals surface area contributed by atoms with E-state index in [1.807, 2.05) is 0 Å². The molecule has 0 fully saturated rings. The van der Waals surface area contributed by atoms with Gasteiger partial charge in [-0.1, -0.05) is 0 Å². The van der Waals surface area contributed by atoms with E-state index in [0.717, 1.165) is 23.0 Å². The monoisotopic (exact) mass is 392 g/mol. The minimum atomic E-state index is -4.93. The van der Waals surface area contributed by atoms with Crippen LogP contribution < -0.4 is 0 Å². The third-order valence-corrected chi connectivity index (χ3v) is 4.65. The van der Waals surface area contributed by atoms with Crippen molar-refractivity contribution in [2.24, 2.45) is 0 Å². The maximum Gasteiger partial charge on any atom is 0.362 e. The molecule has 1 aromatic heterocycles. The number of aromatic hydroxyl groups is 1. The van der Waals surface area contributed by atoms with Crippen molar-refractivity contribution in [1.29, 1.82) is 0 Å². The van der Waals surface area contributed by atoms with Gasteiger partial charge in [0.25, 0.3) is 20.2 Å². The number of esters is 1. The topological polar surface area (TPSA) is 173 Å². The van der Waals surface area contributed by atoms with Gasteiger partial charge in [0, 0.05) is 0 Å². The number of carbonyl (C=O) groups excluding carboxylic acids is 1. The fourth-order valence-corrected chi connectivity index (χ4v) is 3.17. The molecule has 0 radical (unpaired) electrons. The number of ether oxygens (including phenoxy) is 1. The summed E-state index contributed by atoms with van der Waals surface area (Å²) in [6.45, 7) is 1.53. The molecule has 0 spiro atoms. The number of nitrogens with zero attached hydrogens (tertiary/aromatic N) is 2. The van der Waals surface area contributed by atoms with Crippen molar-refractivity contribution in [1.82, 2.24) is 9.78 Å². The molecule has 2 rings (SSSR count). The van der Waals surface area contributed by atoms with E-state index < -0.39 is 47.4 Å². The van der Waals surface area contributed by atoms with Gasteiger partial charge in [-0.05, 0) is 25.1 Å². The molecule has 136 valence electrons. The zero-order valence-electron chi connectivity index (χ0n) is 12.5. The number of aromatic nitrogens is 2. The van der Waals surface area contributed by atoms with Crippen molar-refractivity contribution in [3.8, 4) is 11.4 Å². The summed E-state index contributed by atoms with van der Waals surface area (Å²) in [7, 11) is -9.67. The summed E-state index contributed by atoms with van der Waals surface area (Å²) in [5.74, 6) is -1.60. The van der Waals surface area contributed by atoms with E-state index in [0.29, 0.717) is 6.07 Å². The summed E-state index contributed by atoms with van der Waals surface area (Å²) >= 11 is 0. The molecule has 0 aliphatic rings. The average Bonchev–Trinajstić information content (AvgIpc) is 2.87. The normalized spacial score (nSPS) is 12.1. The maximum atomic E-state index is 11.6. The molecular weight excluding hydrogens is 380 g/mol. The van der Waals surface area contributed by atoms with Gasteiger partial charge in [0.1, 0.15) is 4.90 Å². The Morgan fingerprint density at radius 1 is 1.20 bits per heavy atom. The first-order valence-corrected chi connectivity index (χ1v) is 9.38. The largest absolute Gasteiger partial charge is 0.504 e. The maximum absolute atomic E-state index is 11.6. The highest BCUT2D eigenvalue weighted by molar-refractivity contribution is 7.86. The summed E-state index contributed by atoms with van der Waals surface area (Å²) < 4.78 is 69.0. The van der Waals surface area contributed by atoms with E-state index in [4.69, 9.17) is 4.55 Å². The lowest BCUT2D eigenvalue weighted by Gasteiger charge is -2.08. The van der Waals surface area contributed by atoms with Crippen LogP contribution >= 0.6 is 0 Å². The van der Waals surface area contributed by atoms with Crippen molar-refractivity contribution < 1.29 is 40.6 Å². The number of hydrogen-bond donors (Lipinski definition) is 3. The molecular formula is C12H12N2O9S2. The molecule has 25 heavy (non-hydrogen) atoms. The van der Waals surface area contributed by atoms with Crippen LogP contribution in [0.3, 0.4) is 0 Å². The molecule has 13 heteroatoms. The molecule has 0 bridgehead atoms. The highest BCUT2D eigenvalue weighted by atomic mass is 32.2. The Morgan fingerprint density at radius 2 is 1.84 bits per heavy atom. The van der Waals surface area contributed by atoms with Gasteiger partial charge in [0.15, 0.2) is 5.75 Å². The Hall–Kier alpha value is -2.48. The SMILES string of the molecule is CCOC(=O)c1nn(-c2ccc(S(=O)(=O)O)cc2S(=O)(=O)O)cc1O. The van der Waals surface area contributed by atoms with Crippen LogP contribution in [0.2, 0.25) is 0 Å². The summed E-state index contributed by atoms with van der Waals surface area (Å²) in [4.78, 5) is 9.94. The van der Waals surface area contributed by atoms with E-state index in [1.165, 1.54) is 6.92 Å². The summed E-state index contributed by atoms with van der Waals surface area (Å²) in [5, 5.41) is 13.4. The van der Waals surface area contributed by atoms with Crippen molar-refractivity contribution in [2.75, 3.05) is 6.61 Å². The quantitative estimate of drug-likeness (QED) is 0.472. The van der Waals surface area contributed by atoms with Crippen LogP contribution in [-0.4, -0.2) is 53.4 Å². The summed E-state index contributed by atoms with van der Waals surface area (Å²) in [6, 6.07) is 2.26. The minimum Gasteiger partial charge on any atom is -0.504 e. The van der Waals surface area contributed by atoms with Crippen LogP contribution in [0.5, 0.6) is 5.75 Å². The molecule has 0 saturated heterocycles. The van der Waals surface area contributed by atoms with Crippen molar-refractivity contribution in [2.45, 2.75) is 16.7 Å². The Labute approximate surface area is 142 Å². The molecule has 3 N–H and O–H groups in total. The molecule has 2 aromatic rings. The second-order valence-electron chi connectivity index (χ2n) is 4.61. The van der Waals surface area contributed by atoms with Crippen molar-refractivity contribution in [3.63, 3.8) is 0 Å². The average molecular weight is 392 g/mol. The third kappa shape index (κ3) is 3.96. The van der Waals surface area contributed by atoms with Crippen LogP contribution in [0, 0.1) is 0 Å². The Kier molecular flexibility index (Phi) is 4.85. The predicted octanol–water partition coefficient (Wildman–Crippen LogP) is 0.248. The number of carbonyl (C=O) groups is 1. The van der Waals surface area contributed by atoms with Gasteiger partial charge in [-0.15, -0.1) is 0 Å². The first-order chi connectivity index (χ1) is 11.4. The first kappa shape index (κ1) is 18.9. The zero-order valence-corrected chi connectivity index (χ0v) is 14.2. The van der Waals surface area contributed by atoms with Crippen LogP contribution in [-0.2, 0) is 25.0 Å². The fourth-order valence-electron chi connectivity index (χ4n) is 1.88. The lowest BCUT2D eigenvalue weighted by atomic mass is 10.3. The molecule has 1 aromatic carbocycles.